The van der Waals surface area contributed by atoms with Crippen molar-refractivity contribution in [3.8, 4) is 0 Å². The number of hydrogen-bond acceptors (Lipinski definition) is 4. The lowest BCUT2D eigenvalue weighted by Crippen LogP contribution is -2.39. The quantitative estimate of drug-likeness (QED) is 0.509. The van der Waals surface area contributed by atoms with Crippen LogP contribution in [0.25, 0.3) is 0 Å². The zero-order chi connectivity index (χ0) is 11.1. The van der Waals surface area contributed by atoms with E-state index in [1.54, 1.807) is 0 Å². The molecule has 0 aromatic carbocycles. The van der Waals surface area contributed by atoms with Crippen LogP contribution in [-0.4, -0.2) is 52.4 Å². The fourth-order valence-electron chi connectivity index (χ4n) is 1.17. The number of aliphatic hydroxyl groups is 2. The number of thiocarbonyl (C=S) groups is 1. The molecule has 0 spiro atoms. The molecule has 14 heavy (non-hydrogen) atoms. The SMILES string of the molecule is CCN(CC(O)CO)CC(C)C(N)=S. The Hall–Kier alpha value is -0.230. The number of nitrogens with two attached hydrogens (primary N) is 1. The van der Waals surface area contributed by atoms with E-state index in [0.29, 0.717) is 11.5 Å². The number of aliphatic hydroxyl groups excluding tert-OH is 2. The van der Waals surface area contributed by atoms with Crippen LogP contribution in [0.4, 0.5) is 0 Å². The van der Waals surface area contributed by atoms with Crippen molar-refractivity contribution in [2.24, 2.45) is 11.7 Å². The fraction of sp³-hybridized carbons (Fsp3) is 0.889. The van der Waals surface area contributed by atoms with Crippen LogP contribution in [0.3, 0.4) is 0 Å². The Bertz CT molecular complexity index is 178. The fourth-order valence-corrected chi connectivity index (χ4v) is 1.24. The van der Waals surface area contributed by atoms with Crippen molar-refractivity contribution in [3.05, 3.63) is 0 Å². The van der Waals surface area contributed by atoms with Gasteiger partial charge in [0.25, 0.3) is 0 Å². The predicted molar refractivity (Wildman–Crippen MR) is 61.2 cm³/mol. The molecule has 0 heterocycles. The first kappa shape index (κ1) is 13.8. The zero-order valence-electron chi connectivity index (χ0n) is 8.81. The summed E-state index contributed by atoms with van der Waals surface area (Å²) in [5.74, 6) is 0.135. The Morgan fingerprint density at radius 3 is 2.43 bits per heavy atom. The molecule has 2 atom stereocenters. The molecule has 4 N–H and O–H groups in total. The molecule has 5 heteroatoms. The van der Waals surface area contributed by atoms with Crippen molar-refractivity contribution < 1.29 is 10.2 Å². The molecule has 2 unspecified atom stereocenters. The van der Waals surface area contributed by atoms with Gasteiger partial charge in [0, 0.05) is 19.0 Å². The molecule has 0 aliphatic heterocycles. The van der Waals surface area contributed by atoms with Gasteiger partial charge >= 0.3 is 0 Å². The largest absolute Gasteiger partial charge is 0.394 e. The van der Waals surface area contributed by atoms with E-state index in [4.69, 9.17) is 23.1 Å². The van der Waals surface area contributed by atoms with E-state index in [2.05, 4.69) is 0 Å². The number of likely N-dealkylation sites (N-methyl/N-ethyl adjacent to an activating group) is 1. The van der Waals surface area contributed by atoms with E-state index in [0.717, 1.165) is 13.1 Å². The Morgan fingerprint density at radius 2 is 2.07 bits per heavy atom. The van der Waals surface area contributed by atoms with Gasteiger partial charge in [-0.25, -0.2) is 0 Å². The summed E-state index contributed by atoms with van der Waals surface area (Å²) in [5.41, 5.74) is 5.50. The molecule has 0 saturated heterocycles. The first-order chi connectivity index (χ1) is 6.51. The maximum absolute atomic E-state index is 9.26. The van der Waals surface area contributed by atoms with E-state index in [1.165, 1.54) is 0 Å². The number of rotatable bonds is 7. The van der Waals surface area contributed by atoms with Crippen LogP contribution in [0.2, 0.25) is 0 Å². The third-order valence-corrected chi connectivity index (χ3v) is 2.55. The minimum Gasteiger partial charge on any atom is -0.394 e. The second kappa shape index (κ2) is 7.11. The van der Waals surface area contributed by atoms with E-state index in [9.17, 15) is 5.11 Å². The average molecular weight is 220 g/mol. The first-order valence-electron chi connectivity index (χ1n) is 4.81. The lowest BCUT2D eigenvalue weighted by atomic mass is 10.1. The molecule has 0 aliphatic rings. The normalized spacial score (nSPS) is 15.5. The molecule has 0 rings (SSSR count). The highest BCUT2D eigenvalue weighted by Crippen LogP contribution is 2.01. The molecule has 0 bridgehead atoms. The summed E-state index contributed by atoms with van der Waals surface area (Å²) in [4.78, 5) is 2.51. The van der Waals surface area contributed by atoms with Gasteiger partial charge in [0.15, 0.2) is 0 Å². The maximum atomic E-state index is 9.26. The van der Waals surface area contributed by atoms with Crippen molar-refractivity contribution in [2.45, 2.75) is 20.0 Å². The van der Waals surface area contributed by atoms with Gasteiger partial charge in [-0.05, 0) is 6.54 Å². The Labute approximate surface area is 90.7 Å². The standard InChI is InChI=1S/C9H20N2O2S/c1-3-11(5-8(13)6-12)4-7(2)9(10)14/h7-8,12-13H,3-6H2,1-2H3,(H2,10,14). The Kier molecular flexibility index (Phi) is 7.00. The van der Waals surface area contributed by atoms with E-state index in [-0.39, 0.29) is 12.5 Å². The Morgan fingerprint density at radius 1 is 1.50 bits per heavy atom. The van der Waals surface area contributed by atoms with Gasteiger partial charge in [-0.15, -0.1) is 0 Å². The van der Waals surface area contributed by atoms with Crippen LogP contribution in [-0.2, 0) is 0 Å². The Balaban J connectivity index is 3.96. The van der Waals surface area contributed by atoms with Gasteiger partial charge in [0.2, 0.25) is 0 Å². The van der Waals surface area contributed by atoms with E-state index < -0.39 is 6.10 Å². The zero-order valence-corrected chi connectivity index (χ0v) is 9.63. The van der Waals surface area contributed by atoms with Crippen molar-refractivity contribution in [3.63, 3.8) is 0 Å². The van der Waals surface area contributed by atoms with Gasteiger partial charge in [-0.3, -0.25) is 0 Å². The molecule has 0 fully saturated rings. The minimum atomic E-state index is -0.687. The van der Waals surface area contributed by atoms with Gasteiger partial charge in [-0.2, -0.15) is 0 Å². The van der Waals surface area contributed by atoms with Crippen LogP contribution < -0.4 is 5.73 Å². The smallest absolute Gasteiger partial charge is 0.0897 e. The van der Waals surface area contributed by atoms with Gasteiger partial charge in [0.1, 0.15) is 0 Å². The summed E-state index contributed by atoms with van der Waals surface area (Å²) >= 11 is 4.87. The summed E-state index contributed by atoms with van der Waals surface area (Å²) < 4.78 is 0. The molecule has 0 saturated carbocycles. The van der Waals surface area contributed by atoms with Crippen LogP contribution in [0.5, 0.6) is 0 Å². The second-order valence-corrected chi connectivity index (χ2v) is 3.96. The highest BCUT2D eigenvalue weighted by molar-refractivity contribution is 7.80. The number of hydrogen-bond donors (Lipinski definition) is 3. The van der Waals surface area contributed by atoms with Crippen LogP contribution in [0.15, 0.2) is 0 Å². The molecule has 0 aromatic rings. The van der Waals surface area contributed by atoms with Gasteiger partial charge < -0.3 is 20.8 Å². The summed E-state index contributed by atoms with van der Waals surface area (Å²) in [6.07, 6.45) is -0.687. The third-order valence-electron chi connectivity index (χ3n) is 2.14. The monoisotopic (exact) mass is 220 g/mol. The van der Waals surface area contributed by atoms with Crippen molar-refractivity contribution >= 4 is 17.2 Å². The topological polar surface area (TPSA) is 69.7 Å². The summed E-state index contributed by atoms with van der Waals surface area (Å²) in [6.45, 7) is 5.73. The average Bonchev–Trinajstić information content (AvgIpc) is 2.16. The molecule has 0 aromatic heterocycles. The number of nitrogens with zero attached hydrogens (tertiary/aromatic N) is 1. The second-order valence-electron chi connectivity index (χ2n) is 3.49. The van der Waals surface area contributed by atoms with Crippen LogP contribution in [0.1, 0.15) is 13.8 Å². The van der Waals surface area contributed by atoms with Crippen molar-refractivity contribution in [1.82, 2.24) is 4.90 Å². The molecule has 84 valence electrons. The highest BCUT2D eigenvalue weighted by Gasteiger charge is 2.13. The molecular formula is C9H20N2O2S. The molecule has 4 nitrogen and oxygen atoms in total. The van der Waals surface area contributed by atoms with Gasteiger partial charge in [-0.1, -0.05) is 26.1 Å². The van der Waals surface area contributed by atoms with Crippen LogP contribution in [0, 0.1) is 5.92 Å². The van der Waals surface area contributed by atoms with Gasteiger partial charge in [0.05, 0.1) is 17.7 Å². The van der Waals surface area contributed by atoms with Crippen molar-refractivity contribution in [1.29, 1.82) is 0 Å². The molecule has 0 radical (unpaired) electrons. The third kappa shape index (κ3) is 5.49. The minimum absolute atomic E-state index is 0.135. The lowest BCUT2D eigenvalue weighted by Gasteiger charge is -2.25. The van der Waals surface area contributed by atoms with Crippen LogP contribution >= 0.6 is 12.2 Å². The first-order valence-corrected chi connectivity index (χ1v) is 5.22. The molecule has 0 aliphatic carbocycles. The molecular weight excluding hydrogens is 200 g/mol. The summed E-state index contributed by atoms with van der Waals surface area (Å²) in [5, 5.41) is 18.0. The summed E-state index contributed by atoms with van der Waals surface area (Å²) in [7, 11) is 0. The van der Waals surface area contributed by atoms with E-state index in [1.807, 2.05) is 18.7 Å². The highest BCUT2D eigenvalue weighted by atomic mass is 32.1. The lowest BCUT2D eigenvalue weighted by molar-refractivity contribution is 0.0590. The predicted octanol–water partition coefficient (Wildman–Crippen LogP) is -0.416. The summed E-state index contributed by atoms with van der Waals surface area (Å²) in [6, 6.07) is 0. The van der Waals surface area contributed by atoms with Crippen molar-refractivity contribution in [2.75, 3.05) is 26.2 Å². The molecule has 0 amide bonds. The van der Waals surface area contributed by atoms with E-state index >= 15 is 0 Å². The maximum Gasteiger partial charge on any atom is 0.0897 e.